The maximum absolute atomic E-state index is 12.6. The number of hydrogen-bond acceptors (Lipinski definition) is 4. The van der Waals surface area contributed by atoms with Crippen LogP contribution >= 0.6 is 11.3 Å². The van der Waals surface area contributed by atoms with Crippen molar-refractivity contribution in [2.75, 3.05) is 11.4 Å². The second-order valence-electron chi connectivity index (χ2n) is 5.71. The maximum atomic E-state index is 12.6. The minimum absolute atomic E-state index is 0.0503. The third-order valence-electron chi connectivity index (χ3n) is 2.99. The van der Waals surface area contributed by atoms with E-state index in [2.05, 4.69) is 25.9 Å². The van der Waals surface area contributed by atoms with Crippen molar-refractivity contribution in [1.82, 2.24) is 9.78 Å². The van der Waals surface area contributed by atoms with E-state index in [1.165, 1.54) is 21.8 Å². The van der Waals surface area contributed by atoms with E-state index >= 15 is 0 Å². The number of thiophene rings is 1. The highest BCUT2D eigenvalue weighted by Crippen LogP contribution is 2.33. The van der Waals surface area contributed by atoms with Gasteiger partial charge in [-0.25, -0.2) is 8.42 Å². The Morgan fingerprint density at radius 3 is 2.40 bits per heavy atom. The van der Waals surface area contributed by atoms with Crippen molar-refractivity contribution in [3.63, 3.8) is 0 Å². The number of aryl methyl sites for hydroxylation is 1. The van der Waals surface area contributed by atoms with Crippen LogP contribution in [0.5, 0.6) is 0 Å². The van der Waals surface area contributed by atoms with Crippen LogP contribution in [0.1, 0.15) is 25.6 Å². The third kappa shape index (κ3) is 2.73. The molecule has 0 saturated heterocycles. The lowest BCUT2D eigenvalue weighted by Crippen LogP contribution is -2.25. The van der Waals surface area contributed by atoms with Gasteiger partial charge in [0.15, 0.2) is 0 Å². The molecule has 0 fully saturated rings. The normalized spacial score (nSPS) is 12.7. The van der Waals surface area contributed by atoms with Crippen LogP contribution in [0.3, 0.4) is 0 Å². The Balaban J connectivity index is 2.38. The summed E-state index contributed by atoms with van der Waals surface area (Å²) in [5.74, 6) is 0. The summed E-state index contributed by atoms with van der Waals surface area (Å²) < 4.78 is 28.4. The van der Waals surface area contributed by atoms with Crippen molar-refractivity contribution in [3.8, 4) is 0 Å². The van der Waals surface area contributed by atoms with E-state index in [-0.39, 0.29) is 5.41 Å². The van der Waals surface area contributed by atoms with Gasteiger partial charge < -0.3 is 0 Å². The van der Waals surface area contributed by atoms with Gasteiger partial charge in [0, 0.05) is 25.2 Å². The highest BCUT2D eigenvalue weighted by atomic mass is 32.2. The smallest absolute Gasteiger partial charge is 0.273 e. The fourth-order valence-electron chi connectivity index (χ4n) is 1.71. The molecule has 0 aliphatic carbocycles. The quantitative estimate of drug-likeness (QED) is 0.875. The van der Waals surface area contributed by atoms with Gasteiger partial charge in [-0.15, -0.1) is 11.3 Å². The molecule has 20 heavy (non-hydrogen) atoms. The van der Waals surface area contributed by atoms with Crippen molar-refractivity contribution in [2.24, 2.45) is 7.05 Å². The van der Waals surface area contributed by atoms with Gasteiger partial charge in [-0.05, 0) is 17.5 Å². The highest BCUT2D eigenvalue weighted by Gasteiger charge is 2.26. The van der Waals surface area contributed by atoms with Gasteiger partial charge in [0.25, 0.3) is 10.0 Å². The SMILES string of the molecule is CN(c1cnn(C)c1)S(=O)(=O)c1ccc(C(C)(C)C)s1. The van der Waals surface area contributed by atoms with E-state index in [1.54, 1.807) is 31.0 Å². The molecular weight excluding hydrogens is 294 g/mol. The summed E-state index contributed by atoms with van der Waals surface area (Å²) in [5, 5.41) is 4.00. The topological polar surface area (TPSA) is 55.2 Å². The second kappa shape index (κ2) is 4.89. The van der Waals surface area contributed by atoms with E-state index in [1.807, 2.05) is 6.07 Å². The van der Waals surface area contributed by atoms with Crippen molar-refractivity contribution < 1.29 is 8.42 Å². The van der Waals surface area contributed by atoms with Crippen molar-refractivity contribution in [2.45, 2.75) is 30.4 Å². The molecule has 0 aromatic carbocycles. The Morgan fingerprint density at radius 1 is 1.30 bits per heavy atom. The van der Waals surface area contributed by atoms with E-state index in [9.17, 15) is 8.42 Å². The van der Waals surface area contributed by atoms with Crippen LogP contribution in [0, 0.1) is 0 Å². The first kappa shape index (κ1) is 15.1. The number of aromatic nitrogens is 2. The van der Waals surface area contributed by atoms with Gasteiger partial charge in [0.2, 0.25) is 0 Å². The molecule has 0 N–H and O–H groups in total. The molecule has 0 radical (unpaired) electrons. The van der Waals surface area contributed by atoms with Gasteiger partial charge in [0.05, 0.1) is 11.9 Å². The van der Waals surface area contributed by atoms with Crippen molar-refractivity contribution in [3.05, 3.63) is 29.4 Å². The molecule has 2 aromatic heterocycles. The van der Waals surface area contributed by atoms with Gasteiger partial charge in [-0.3, -0.25) is 8.99 Å². The van der Waals surface area contributed by atoms with Gasteiger partial charge >= 0.3 is 0 Å². The molecule has 0 atom stereocenters. The molecule has 0 aliphatic heterocycles. The largest absolute Gasteiger partial charge is 0.274 e. The van der Waals surface area contributed by atoms with Crippen LogP contribution in [-0.4, -0.2) is 25.2 Å². The lowest BCUT2D eigenvalue weighted by atomic mass is 9.95. The molecule has 0 bridgehead atoms. The molecule has 0 spiro atoms. The zero-order valence-corrected chi connectivity index (χ0v) is 13.9. The Bertz CT molecular complexity index is 708. The number of hydrogen-bond donors (Lipinski definition) is 0. The molecule has 0 aliphatic rings. The Morgan fingerprint density at radius 2 is 1.95 bits per heavy atom. The van der Waals surface area contributed by atoms with E-state index in [0.29, 0.717) is 9.90 Å². The van der Waals surface area contributed by atoms with Gasteiger partial charge in [-0.2, -0.15) is 5.10 Å². The van der Waals surface area contributed by atoms with Crippen LogP contribution in [-0.2, 0) is 22.5 Å². The zero-order valence-electron chi connectivity index (χ0n) is 12.3. The molecule has 110 valence electrons. The number of rotatable bonds is 3. The van der Waals surface area contributed by atoms with Crippen LogP contribution in [0.4, 0.5) is 5.69 Å². The van der Waals surface area contributed by atoms with Gasteiger partial charge in [-0.1, -0.05) is 20.8 Å². The highest BCUT2D eigenvalue weighted by molar-refractivity contribution is 7.94. The zero-order chi connectivity index (χ0) is 15.1. The van der Waals surface area contributed by atoms with Crippen LogP contribution < -0.4 is 4.31 Å². The lowest BCUT2D eigenvalue weighted by molar-refractivity contribution is 0.596. The van der Waals surface area contributed by atoms with E-state index in [4.69, 9.17) is 0 Å². The van der Waals surface area contributed by atoms with Crippen LogP contribution in [0.25, 0.3) is 0 Å². The molecule has 0 unspecified atom stereocenters. The minimum Gasteiger partial charge on any atom is -0.274 e. The monoisotopic (exact) mass is 313 g/mol. The van der Waals surface area contributed by atoms with Crippen molar-refractivity contribution >= 4 is 27.0 Å². The maximum Gasteiger partial charge on any atom is 0.273 e. The summed E-state index contributed by atoms with van der Waals surface area (Å²) in [6, 6.07) is 3.56. The predicted molar refractivity (Wildman–Crippen MR) is 81.8 cm³/mol. The summed E-state index contributed by atoms with van der Waals surface area (Å²) in [4.78, 5) is 1.05. The first-order chi connectivity index (χ1) is 9.12. The Labute approximate surface area is 123 Å². The fourth-order valence-corrected chi connectivity index (χ4v) is 4.41. The van der Waals surface area contributed by atoms with Crippen molar-refractivity contribution in [1.29, 1.82) is 0 Å². The third-order valence-corrected chi connectivity index (χ3v) is 6.75. The second-order valence-corrected chi connectivity index (χ2v) is 8.99. The first-order valence-electron chi connectivity index (χ1n) is 6.20. The molecule has 5 nitrogen and oxygen atoms in total. The minimum atomic E-state index is -3.52. The molecule has 7 heteroatoms. The summed E-state index contributed by atoms with van der Waals surface area (Å²) in [7, 11) is -0.218. The van der Waals surface area contributed by atoms with E-state index in [0.717, 1.165) is 4.88 Å². The number of anilines is 1. The average Bonchev–Trinajstić information content (AvgIpc) is 2.95. The van der Waals surface area contributed by atoms with Gasteiger partial charge in [0.1, 0.15) is 4.21 Å². The predicted octanol–water partition coefficient (Wildman–Crippen LogP) is 2.60. The lowest BCUT2D eigenvalue weighted by Gasteiger charge is -2.17. The summed E-state index contributed by atoms with van der Waals surface area (Å²) in [6.45, 7) is 6.21. The standard InChI is InChI=1S/C13H19N3O2S2/c1-13(2,3)11-6-7-12(19-11)20(17,18)16(5)10-8-14-15(4)9-10/h6-9H,1-5H3. The summed E-state index contributed by atoms with van der Waals surface area (Å²) in [6.07, 6.45) is 3.21. The molecular formula is C13H19N3O2S2. The Kier molecular flexibility index (Phi) is 3.68. The average molecular weight is 313 g/mol. The first-order valence-corrected chi connectivity index (χ1v) is 8.46. The summed E-state index contributed by atoms with van der Waals surface area (Å²) >= 11 is 1.32. The molecule has 0 amide bonds. The van der Waals surface area contributed by atoms with E-state index < -0.39 is 10.0 Å². The van der Waals surface area contributed by atoms with Crippen LogP contribution in [0.15, 0.2) is 28.7 Å². The molecule has 2 rings (SSSR count). The Hall–Kier alpha value is -1.34. The van der Waals surface area contributed by atoms with Crippen LogP contribution in [0.2, 0.25) is 0 Å². The molecule has 2 aromatic rings. The molecule has 2 heterocycles. The number of sulfonamides is 1. The fraction of sp³-hybridized carbons (Fsp3) is 0.462. The summed E-state index contributed by atoms with van der Waals surface area (Å²) in [5.41, 5.74) is 0.504. The molecule has 0 saturated carbocycles. The number of nitrogens with zero attached hydrogens (tertiary/aromatic N) is 3.